The fourth-order valence-electron chi connectivity index (χ4n) is 1.88. The summed E-state index contributed by atoms with van der Waals surface area (Å²) >= 11 is 5.79. The Morgan fingerprint density at radius 1 is 1.42 bits per heavy atom. The van der Waals surface area contributed by atoms with Crippen molar-refractivity contribution < 1.29 is 9.53 Å². The van der Waals surface area contributed by atoms with Gasteiger partial charge in [-0.1, -0.05) is 18.2 Å². The molecule has 0 fully saturated rings. The zero-order valence-corrected chi connectivity index (χ0v) is 11.4. The van der Waals surface area contributed by atoms with Gasteiger partial charge in [-0.3, -0.25) is 9.78 Å². The topological polar surface area (TPSA) is 51.2 Å². The molecule has 1 unspecified atom stereocenters. The second-order valence-corrected chi connectivity index (χ2v) is 4.47. The Kier molecular flexibility index (Phi) is 4.71. The molecule has 0 aliphatic heterocycles. The van der Waals surface area contributed by atoms with Gasteiger partial charge in [0, 0.05) is 24.6 Å². The van der Waals surface area contributed by atoms with E-state index in [0.717, 1.165) is 5.39 Å². The number of halogens is 1. The summed E-state index contributed by atoms with van der Waals surface area (Å²) in [5.41, 5.74) is 1.23. The summed E-state index contributed by atoms with van der Waals surface area (Å²) in [5, 5.41) is 3.77. The fourth-order valence-corrected chi connectivity index (χ4v) is 2.04. The lowest BCUT2D eigenvalue weighted by atomic mass is 10.1. The summed E-state index contributed by atoms with van der Waals surface area (Å²) in [5.74, 6) is 0.115. The van der Waals surface area contributed by atoms with Crippen molar-refractivity contribution in [2.75, 3.05) is 19.6 Å². The normalized spacial score (nSPS) is 12.3. The van der Waals surface area contributed by atoms with Crippen LogP contribution in [0.4, 0.5) is 0 Å². The van der Waals surface area contributed by atoms with E-state index < -0.39 is 0 Å². The predicted molar refractivity (Wildman–Crippen MR) is 75.6 cm³/mol. The molecule has 100 valence electrons. The van der Waals surface area contributed by atoms with Gasteiger partial charge in [0.25, 0.3) is 5.91 Å². The van der Waals surface area contributed by atoms with Crippen molar-refractivity contribution in [3.63, 3.8) is 0 Å². The van der Waals surface area contributed by atoms with E-state index in [-0.39, 0.29) is 11.9 Å². The fraction of sp³-hybridized carbons (Fsp3) is 0.286. The maximum absolute atomic E-state index is 12.2. The average Bonchev–Trinajstić information content (AvgIpc) is 2.46. The molecule has 0 radical (unpaired) electrons. The molecule has 5 heteroatoms. The first kappa shape index (κ1) is 13.8. The molecule has 0 aliphatic rings. The van der Waals surface area contributed by atoms with Crippen LogP contribution >= 0.6 is 11.6 Å². The molecule has 1 heterocycles. The van der Waals surface area contributed by atoms with Crippen LogP contribution in [-0.2, 0) is 4.74 Å². The molecule has 1 amide bonds. The van der Waals surface area contributed by atoms with Crippen molar-refractivity contribution in [2.45, 2.75) is 6.04 Å². The van der Waals surface area contributed by atoms with Gasteiger partial charge in [0.15, 0.2) is 0 Å². The van der Waals surface area contributed by atoms with Crippen molar-refractivity contribution >= 4 is 28.4 Å². The van der Waals surface area contributed by atoms with Gasteiger partial charge in [-0.15, -0.1) is 11.6 Å². The number of methoxy groups -OCH3 is 1. The van der Waals surface area contributed by atoms with Gasteiger partial charge in [0.05, 0.1) is 23.7 Å². The molecule has 0 saturated heterocycles. The summed E-state index contributed by atoms with van der Waals surface area (Å²) in [4.78, 5) is 16.5. The predicted octanol–water partition coefficient (Wildman–Crippen LogP) is 2.22. The maximum Gasteiger partial charge on any atom is 0.253 e. The Labute approximate surface area is 116 Å². The number of ether oxygens (including phenoxy) is 1. The number of carbonyl (C=O) groups excluding carboxylic acids is 1. The molecule has 0 spiro atoms. The van der Waals surface area contributed by atoms with Gasteiger partial charge in [0.1, 0.15) is 0 Å². The largest absolute Gasteiger partial charge is 0.383 e. The molecule has 1 atom stereocenters. The van der Waals surface area contributed by atoms with E-state index in [1.165, 1.54) is 0 Å². The molecule has 0 saturated carbocycles. The van der Waals surface area contributed by atoms with E-state index in [0.29, 0.717) is 23.6 Å². The molecule has 2 rings (SSSR count). The first-order valence-corrected chi connectivity index (χ1v) is 6.49. The molecule has 0 aliphatic carbocycles. The summed E-state index contributed by atoms with van der Waals surface area (Å²) in [7, 11) is 1.57. The minimum Gasteiger partial charge on any atom is -0.383 e. The van der Waals surface area contributed by atoms with Crippen LogP contribution in [-0.4, -0.2) is 36.5 Å². The van der Waals surface area contributed by atoms with Gasteiger partial charge in [-0.2, -0.15) is 0 Å². The first-order chi connectivity index (χ1) is 9.26. The van der Waals surface area contributed by atoms with E-state index in [1.807, 2.05) is 24.3 Å². The van der Waals surface area contributed by atoms with Crippen molar-refractivity contribution in [3.05, 3.63) is 42.1 Å². The lowest BCUT2D eigenvalue weighted by molar-refractivity contribution is 0.0908. The summed E-state index contributed by atoms with van der Waals surface area (Å²) in [6, 6.07) is 9.07. The van der Waals surface area contributed by atoms with E-state index >= 15 is 0 Å². The first-order valence-electron chi connectivity index (χ1n) is 5.95. The number of rotatable bonds is 5. The van der Waals surface area contributed by atoms with Gasteiger partial charge in [0.2, 0.25) is 0 Å². The molecule has 1 aromatic heterocycles. The van der Waals surface area contributed by atoms with Crippen molar-refractivity contribution in [3.8, 4) is 0 Å². The second-order valence-electron chi connectivity index (χ2n) is 4.16. The average molecular weight is 279 g/mol. The minimum atomic E-state index is -0.210. The highest BCUT2D eigenvalue weighted by Crippen LogP contribution is 2.15. The molecule has 2 aromatic rings. The molecular formula is C14H15ClN2O2. The van der Waals surface area contributed by atoms with Gasteiger partial charge in [-0.05, 0) is 12.1 Å². The van der Waals surface area contributed by atoms with Crippen LogP contribution in [0.2, 0.25) is 0 Å². The quantitative estimate of drug-likeness (QED) is 0.853. The number of pyridine rings is 1. The third-order valence-electron chi connectivity index (χ3n) is 2.77. The zero-order valence-electron chi connectivity index (χ0n) is 10.6. The van der Waals surface area contributed by atoms with E-state index in [4.69, 9.17) is 16.3 Å². The number of para-hydroxylation sites is 1. The number of carbonyl (C=O) groups is 1. The SMILES string of the molecule is COCC(CCl)NC(=O)c1cccc2cccnc12. The van der Waals surface area contributed by atoms with E-state index in [2.05, 4.69) is 10.3 Å². The van der Waals surface area contributed by atoms with Crippen LogP contribution in [0.5, 0.6) is 0 Å². The summed E-state index contributed by atoms with van der Waals surface area (Å²) in [6.07, 6.45) is 1.67. The smallest absolute Gasteiger partial charge is 0.253 e. The lowest BCUT2D eigenvalue weighted by Gasteiger charge is -2.15. The Morgan fingerprint density at radius 2 is 2.21 bits per heavy atom. The summed E-state index contributed by atoms with van der Waals surface area (Å²) in [6.45, 7) is 0.382. The Hall–Kier alpha value is -1.65. The van der Waals surface area contributed by atoms with Crippen LogP contribution in [0.25, 0.3) is 10.9 Å². The molecule has 4 nitrogen and oxygen atoms in total. The van der Waals surface area contributed by atoms with Crippen molar-refractivity contribution in [1.82, 2.24) is 10.3 Å². The minimum absolute atomic E-state index is 0.188. The van der Waals surface area contributed by atoms with E-state index in [9.17, 15) is 4.79 Å². The van der Waals surface area contributed by atoms with Crippen molar-refractivity contribution in [2.24, 2.45) is 0 Å². The zero-order chi connectivity index (χ0) is 13.7. The van der Waals surface area contributed by atoms with Crippen molar-refractivity contribution in [1.29, 1.82) is 0 Å². The number of alkyl halides is 1. The third kappa shape index (κ3) is 3.22. The molecule has 0 bridgehead atoms. The number of amides is 1. The highest BCUT2D eigenvalue weighted by molar-refractivity contribution is 6.18. The standard InChI is InChI=1S/C14H15ClN2O2/c1-19-9-11(8-15)17-14(18)12-6-2-4-10-5-3-7-16-13(10)12/h2-7,11H,8-9H2,1H3,(H,17,18). The van der Waals surface area contributed by atoms with Crippen LogP contribution in [0.15, 0.2) is 36.5 Å². The lowest BCUT2D eigenvalue weighted by Crippen LogP contribution is -2.39. The van der Waals surface area contributed by atoms with Crippen LogP contribution < -0.4 is 5.32 Å². The van der Waals surface area contributed by atoms with Crippen LogP contribution in [0.3, 0.4) is 0 Å². The molecule has 1 N–H and O–H groups in total. The van der Waals surface area contributed by atoms with Gasteiger partial charge in [-0.25, -0.2) is 0 Å². The van der Waals surface area contributed by atoms with Gasteiger partial charge < -0.3 is 10.1 Å². The highest BCUT2D eigenvalue weighted by atomic mass is 35.5. The number of hydrogen-bond acceptors (Lipinski definition) is 3. The van der Waals surface area contributed by atoms with E-state index in [1.54, 1.807) is 19.4 Å². The molecule has 19 heavy (non-hydrogen) atoms. The highest BCUT2D eigenvalue weighted by Gasteiger charge is 2.15. The summed E-state index contributed by atoms with van der Waals surface area (Å²) < 4.78 is 5.00. The number of aromatic nitrogens is 1. The Bertz CT molecular complexity index is 569. The second kappa shape index (κ2) is 6.50. The van der Waals surface area contributed by atoms with Crippen LogP contribution in [0, 0.1) is 0 Å². The van der Waals surface area contributed by atoms with Crippen LogP contribution in [0.1, 0.15) is 10.4 Å². The molecular weight excluding hydrogens is 264 g/mol. The number of nitrogens with one attached hydrogen (secondary N) is 1. The Balaban J connectivity index is 2.26. The number of benzene rings is 1. The number of hydrogen-bond donors (Lipinski definition) is 1. The number of fused-ring (bicyclic) bond motifs is 1. The Morgan fingerprint density at radius 3 is 2.95 bits per heavy atom. The third-order valence-corrected chi connectivity index (χ3v) is 3.14. The monoisotopic (exact) mass is 278 g/mol. The molecule has 1 aromatic carbocycles. The maximum atomic E-state index is 12.2. The van der Waals surface area contributed by atoms with Gasteiger partial charge >= 0.3 is 0 Å². The number of nitrogens with zero attached hydrogens (tertiary/aromatic N) is 1.